The number of aliphatic carboxylic acids is 1. The summed E-state index contributed by atoms with van der Waals surface area (Å²) < 4.78 is 0. The zero-order valence-electron chi connectivity index (χ0n) is 13.1. The molecule has 0 radical (unpaired) electrons. The second kappa shape index (κ2) is 6.25. The van der Waals surface area contributed by atoms with E-state index in [0.29, 0.717) is 6.42 Å². The Kier molecular flexibility index (Phi) is 4.55. The topological polar surface area (TPSA) is 66.6 Å². The lowest BCUT2D eigenvalue weighted by Gasteiger charge is -2.32. The van der Waals surface area contributed by atoms with E-state index in [4.69, 9.17) is 5.73 Å². The lowest BCUT2D eigenvalue weighted by molar-refractivity contribution is -0.144. The molecule has 3 aliphatic rings. The van der Waals surface area contributed by atoms with Gasteiger partial charge in [-0.15, -0.1) is 0 Å². The molecule has 3 fully saturated rings. The van der Waals surface area contributed by atoms with Crippen LogP contribution in [0.4, 0.5) is 0 Å². The molecule has 3 unspecified atom stereocenters. The maximum atomic E-state index is 11.5. The third kappa shape index (κ3) is 2.98. The maximum absolute atomic E-state index is 11.5. The third-order valence-electron chi connectivity index (χ3n) is 6.39. The summed E-state index contributed by atoms with van der Waals surface area (Å²) in [6.45, 7) is 2.26. The molecule has 0 amide bonds. The molecule has 0 aromatic heterocycles. The van der Waals surface area contributed by atoms with Gasteiger partial charge in [0, 0.05) is 6.04 Å². The van der Waals surface area contributed by atoms with Crippen molar-refractivity contribution < 1.29 is 9.90 Å². The van der Waals surface area contributed by atoms with Gasteiger partial charge in [-0.2, -0.15) is 0 Å². The fourth-order valence-corrected chi connectivity index (χ4v) is 5.11. The number of hydrogen-bond donors (Lipinski definition) is 2. The molecule has 0 bridgehead atoms. The number of carboxylic acid groups (broad SMARTS) is 1. The van der Waals surface area contributed by atoms with Crippen LogP contribution in [0.2, 0.25) is 0 Å². The van der Waals surface area contributed by atoms with Gasteiger partial charge in [-0.25, -0.2) is 0 Å². The molecular formula is C17H30N2O2. The van der Waals surface area contributed by atoms with E-state index in [9.17, 15) is 9.90 Å². The van der Waals surface area contributed by atoms with Crippen LogP contribution < -0.4 is 5.73 Å². The van der Waals surface area contributed by atoms with Crippen LogP contribution in [-0.2, 0) is 4.79 Å². The van der Waals surface area contributed by atoms with Crippen molar-refractivity contribution in [3.8, 4) is 0 Å². The summed E-state index contributed by atoms with van der Waals surface area (Å²) in [5, 5.41) is 9.42. The number of hydrogen-bond acceptors (Lipinski definition) is 3. The van der Waals surface area contributed by atoms with Crippen molar-refractivity contribution >= 4 is 5.97 Å². The van der Waals surface area contributed by atoms with Crippen molar-refractivity contribution in [3.05, 3.63) is 0 Å². The molecule has 1 heterocycles. The zero-order chi connectivity index (χ0) is 14.9. The van der Waals surface area contributed by atoms with Crippen LogP contribution in [0.25, 0.3) is 0 Å². The first-order chi connectivity index (χ1) is 10.1. The fourth-order valence-electron chi connectivity index (χ4n) is 5.11. The van der Waals surface area contributed by atoms with Crippen molar-refractivity contribution in [2.45, 2.75) is 75.8 Å². The van der Waals surface area contributed by atoms with Gasteiger partial charge < -0.3 is 15.7 Å². The SMILES string of the molecule is NC1(C(=O)O)CCCC1CCN1CCCC1C1CCCC1. The zero-order valence-corrected chi connectivity index (χ0v) is 13.1. The van der Waals surface area contributed by atoms with Crippen LogP contribution in [0.5, 0.6) is 0 Å². The van der Waals surface area contributed by atoms with Gasteiger partial charge in [-0.1, -0.05) is 19.3 Å². The van der Waals surface area contributed by atoms with Crippen molar-refractivity contribution in [1.82, 2.24) is 4.90 Å². The monoisotopic (exact) mass is 294 g/mol. The number of rotatable bonds is 5. The Morgan fingerprint density at radius 1 is 1.14 bits per heavy atom. The Labute approximate surface area is 128 Å². The van der Waals surface area contributed by atoms with Crippen LogP contribution in [0, 0.1) is 11.8 Å². The predicted octanol–water partition coefficient (Wildman–Crippen LogP) is 2.61. The molecule has 21 heavy (non-hydrogen) atoms. The van der Waals surface area contributed by atoms with Crippen molar-refractivity contribution in [3.63, 3.8) is 0 Å². The van der Waals surface area contributed by atoms with Crippen LogP contribution in [0.1, 0.15) is 64.2 Å². The van der Waals surface area contributed by atoms with E-state index in [1.165, 1.54) is 45.1 Å². The van der Waals surface area contributed by atoms with Crippen LogP contribution in [0.3, 0.4) is 0 Å². The Balaban J connectivity index is 1.55. The Morgan fingerprint density at radius 3 is 2.62 bits per heavy atom. The molecule has 4 nitrogen and oxygen atoms in total. The minimum absolute atomic E-state index is 0.167. The van der Waals surface area contributed by atoms with Crippen molar-refractivity contribution in [2.75, 3.05) is 13.1 Å². The third-order valence-corrected chi connectivity index (χ3v) is 6.39. The number of nitrogens with two attached hydrogens (primary N) is 1. The van der Waals surface area contributed by atoms with Crippen LogP contribution in [-0.4, -0.2) is 40.6 Å². The summed E-state index contributed by atoms with van der Waals surface area (Å²) in [6.07, 6.45) is 11.9. The summed E-state index contributed by atoms with van der Waals surface area (Å²) in [4.78, 5) is 14.1. The van der Waals surface area contributed by atoms with Crippen molar-refractivity contribution in [2.24, 2.45) is 17.6 Å². The van der Waals surface area contributed by atoms with Crippen molar-refractivity contribution in [1.29, 1.82) is 0 Å². The molecule has 0 spiro atoms. The second-order valence-electron chi connectivity index (χ2n) is 7.51. The maximum Gasteiger partial charge on any atom is 0.323 e. The molecule has 4 heteroatoms. The molecule has 3 rings (SSSR count). The van der Waals surface area contributed by atoms with Crippen LogP contribution in [0.15, 0.2) is 0 Å². The standard InChI is InChI=1S/C17H30N2O2/c18-17(16(20)21)10-3-7-14(17)9-12-19-11-4-8-15(19)13-5-1-2-6-13/h13-15H,1-12,18H2,(H,20,21). The molecule has 0 aromatic carbocycles. The fraction of sp³-hybridized carbons (Fsp3) is 0.941. The number of carboxylic acids is 1. The van der Waals surface area contributed by atoms with E-state index < -0.39 is 11.5 Å². The summed E-state index contributed by atoms with van der Waals surface area (Å²) in [5.74, 6) is 0.275. The lowest BCUT2D eigenvalue weighted by Crippen LogP contribution is -2.51. The van der Waals surface area contributed by atoms with E-state index in [1.807, 2.05) is 0 Å². The molecule has 2 aliphatic carbocycles. The number of likely N-dealkylation sites (tertiary alicyclic amines) is 1. The van der Waals surface area contributed by atoms with Gasteiger partial charge in [-0.05, 0) is 69.9 Å². The second-order valence-corrected chi connectivity index (χ2v) is 7.51. The van der Waals surface area contributed by atoms with Gasteiger partial charge in [0.25, 0.3) is 0 Å². The molecule has 1 saturated heterocycles. The molecule has 0 aromatic rings. The summed E-state index contributed by atoms with van der Waals surface area (Å²) >= 11 is 0. The highest BCUT2D eigenvalue weighted by atomic mass is 16.4. The van der Waals surface area contributed by atoms with E-state index in [1.54, 1.807) is 0 Å². The molecule has 3 N–H and O–H groups in total. The number of carbonyl (C=O) groups is 1. The first-order valence-electron chi connectivity index (χ1n) is 8.87. The quantitative estimate of drug-likeness (QED) is 0.818. The summed E-state index contributed by atoms with van der Waals surface area (Å²) in [5.41, 5.74) is 5.21. The average Bonchev–Trinajstić information content (AvgIpc) is 3.17. The average molecular weight is 294 g/mol. The Bertz CT molecular complexity index is 381. The first kappa shape index (κ1) is 15.3. The minimum atomic E-state index is -0.956. The van der Waals surface area contributed by atoms with E-state index in [-0.39, 0.29) is 5.92 Å². The van der Waals surface area contributed by atoms with Gasteiger partial charge in [0.1, 0.15) is 5.54 Å². The van der Waals surface area contributed by atoms with Gasteiger partial charge in [-0.3, -0.25) is 4.79 Å². The van der Waals surface area contributed by atoms with Gasteiger partial charge in [0.2, 0.25) is 0 Å². The van der Waals surface area contributed by atoms with Crippen LogP contribution >= 0.6 is 0 Å². The predicted molar refractivity (Wildman–Crippen MR) is 83.1 cm³/mol. The molecule has 3 atom stereocenters. The van der Waals surface area contributed by atoms with Gasteiger partial charge in [0.15, 0.2) is 0 Å². The highest BCUT2D eigenvalue weighted by Crippen LogP contribution is 2.39. The highest BCUT2D eigenvalue weighted by molar-refractivity contribution is 5.79. The molecule has 120 valence electrons. The molecule has 1 aliphatic heterocycles. The van der Waals surface area contributed by atoms with Gasteiger partial charge >= 0.3 is 5.97 Å². The highest BCUT2D eigenvalue weighted by Gasteiger charge is 2.46. The van der Waals surface area contributed by atoms with E-state index in [2.05, 4.69) is 4.90 Å². The Hall–Kier alpha value is -0.610. The summed E-state index contributed by atoms with van der Waals surface area (Å²) in [6, 6.07) is 0.769. The lowest BCUT2D eigenvalue weighted by atomic mass is 9.85. The largest absolute Gasteiger partial charge is 0.480 e. The van der Waals surface area contributed by atoms with Gasteiger partial charge in [0.05, 0.1) is 0 Å². The normalized spacial score (nSPS) is 38.3. The van der Waals surface area contributed by atoms with E-state index in [0.717, 1.165) is 37.8 Å². The summed E-state index contributed by atoms with van der Waals surface area (Å²) in [7, 11) is 0. The first-order valence-corrected chi connectivity index (χ1v) is 8.87. The van der Waals surface area contributed by atoms with E-state index >= 15 is 0 Å². The minimum Gasteiger partial charge on any atom is -0.480 e. The number of nitrogens with zero attached hydrogens (tertiary/aromatic N) is 1. The molecule has 2 saturated carbocycles. The Morgan fingerprint density at radius 2 is 1.90 bits per heavy atom. The molecular weight excluding hydrogens is 264 g/mol. The smallest absolute Gasteiger partial charge is 0.323 e.